The predicted molar refractivity (Wildman–Crippen MR) is 113 cm³/mol. The second kappa shape index (κ2) is 8.57. The van der Waals surface area contributed by atoms with Crippen molar-refractivity contribution in [3.63, 3.8) is 0 Å². The van der Waals surface area contributed by atoms with Crippen molar-refractivity contribution >= 4 is 34.5 Å². The van der Waals surface area contributed by atoms with Crippen LogP contribution in [-0.4, -0.2) is 27.0 Å². The van der Waals surface area contributed by atoms with Crippen molar-refractivity contribution in [2.45, 2.75) is 38.4 Å². The van der Waals surface area contributed by atoms with E-state index in [-0.39, 0.29) is 22.8 Å². The van der Waals surface area contributed by atoms with Crippen LogP contribution in [0.3, 0.4) is 0 Å². The first-order valence-electron chi connectivity index (χ1n) is 9.40. The number of nitrogens with one attached hydrogen (secondary N) is 1. The Kier molecular flexibility index (Phi) is 5.89. The Bertz CT molecular complexity index is 1010. The van der Waals surface area contributed by atoms with Crippen molar-refractivity contribution in [1.29, 1.82) is 0 Å². The lowest BCUT2D eigenvalue weighted by molar-refractivity contribution is 0.102. The van der Waals surface area contributed by atoms with Gasteiger partial charge in [0.2, 0.25) is 5.01 Å². The molecular weight excluding hydrogens is 411 g/mol. The molecule has 3 aromatic rings. The van der Waals surface area contributed by atoms with E-state index in [1.807, 2.05) is 24.3 Å². The van der Waals surface area contributed by atoms with Gasteiger partial charge in [0, 0.05) is 22.8 Å². The molecule has 1 fully saturated rings. The van der Waals surface area contributed by atoms with Crippen LogP contribution in [0.4, 0.5) is 10.1 Å². The van der Waals surface area contributed by atoms with Gasteiger partial charge in [-0.3, -0.25) is 9.69 Å². The second-order valence-electron chi connectivity index (χ2n) is 7.06. The van der Waals surface area contributed by atoms with E-state index in [9.17, 15) is 9.18 Å². The first-order valence-corrected chi connectivity index (χ1v) is 10.6. The molecule has 2 aromatic carbocycles. The molecule has 1 aromatic heterocycles. The van der Waals surface area contributed by atoms with E-state index in [2.05, 4.69) is 27.3 Å². The molecule has 150 valence electrons. The summed E-state index contributed by atoms with van der Waals surface area (Å²) in [5.41, 5.74) is 1.60. The summed E-state index contributed by atoms with van der Waals surface area (Å²) in [7, 11) is 0. The van der Waals surface area contributed by atoms with Gasteiger partial charge in [0.1, 0.15) is 10.8 Å². The lowest BCUT2D eigenvalue weighted by atomic mass is 10.1. The normalized spacial score (nSPS) is 14.8. The maximum absolute atomic E-state index is 13.0. The number of aromatic nitrogens is 2. The molecule has 1 unspecified atom stereocenters. The molecule has 1 aliphatic carbocycles. The minimum absolute atomic E-state index is 0.136. The Morgan fingerprint density at radius 3 is 2.66 bits per heavy atom. The third-order valence-electron chi connectivity index (χ3n) is 4.95. The fourth-order valence-electron chi connectivity index (χ4n) is 3.26. The minimum atomic E-state index is -0.353. The third-order valence-corrected chi connectivity index (χ3v) is 6.20. The summed E-state index contributed by atoms with van der Waals surface area (Å²) in [5.74, 6) is -0.702. The number of amides is 1. The van der Waals surface area contributed by atoms with Gasteiger partial charge < -0.3 is 5.32 Å². The number of rotatable bonds is 7. The molecule has 0 spiro atoms. The van der Waals surface area contributed by atoms with E-state index in [4.69, 9.17) is 11.6 Å². The lowest BCUT2D eigenvalue weighted by Crippen LogP contribution is -2.29. The van der Waals surface area contributed by atoms with Crippen LogP contribution in [0.25, 0.3) is 0 Å². The number of anilines is 1. The van der Waals surface area contributed by atoms with Crippen molar-refractivity contribution in [2.75, 3.05) is 5.32 Å². The van der Waals surface area contributed by atoms with Crippen LogP contribution in [0, 0.1) is 5.82 Å². The van der Waals surface area contributed by atoms with Gasteiger partial charge in [-0.1, -0.05) is 41.1 Å². The van der Waals surface area contributed by atoms with Crippen molar-refractivity contribution < 1.29 is 9.18 Å². The van der Waals surface area contributed by atoms with Crippen molar-refractivity contribution in [3.05, 3.63) is 74.9 Å². The van der Waals surface area contributed by atoms with Crippen molar-refractivity contribution in [3.8, 4) is 0 Å². The van der Waals surface area contributed by atoms with Gasteiger partial charge in [0.15, 0.2) is 0 Å². The Balaban J connectivity index is 1.46. The maximum Gasteiger partial charge on any atom is 0.286 e. The molecule has 5 nitrogen and oxygen atoms in total. The molecule has 4 rings (SSSR count). The van der Waals surface area contributed by atoms with E-state index in [1.165, 1.54) is 35.6 Å². The van der Waals surface area contributed by atoms with Gasteiger partial charge in [-0.2, -0.15) is 0 Å². The highest BCUT2D eigenvalue weighted by Crippen LogP contribution is 2.37. The van der Waals surface area contributed by atoms with Crippen LogP contribution in [0.15, 0.2) is 48.5 Å². The number of hydrogen-bond acceptors (Lipinski definition) is 5. The standard InChI is InChI=1S/C21H20ClFN4OS/c1-13(17-4-2-3-5-18(17)22)27(16-10-11-16)12-19-25-26-21(29-19)20(28)24-15-8-6-14(23)7-9-15/h2-9,13,16H,10-12H2,1H3,(H,24,28). The molecule has 0 saturated heterocycles. The van der Waals surface area contributed by atoms with E-state index >= 15 is 0 Å². The lowest BCUT2D eigenvalue weighted by Gasteiger charge is -2.29. The summed E-state index contributed by atoms with van der Waals surface area (Å²) < 4.78 is 13.0. The van der Waals surface area contributed by atoms with Crippen LogP contribution in [0.1, 0.15) is 46.2 Å². The summed E-state index contributed by atoms with van der Waals surface area (Å²) >= 11 is 7.67. The SMILES string of the molecule is CC(c1ccccc1Cl)N(Cc1nnc(C(=O)Nc2ccc(F)cc2)s1)C1CC1. The maximum atomic E-state index is 13.0. The summed E-state index contributed by atoms with van der Waals surface area (Å²) in [6, 6.07) is 14.1. The van der Waals surface area contributed by atoms with E-state index < -0.39 is 0 Å². The molecule has 1 amide bonds. The molecule has 1 saturated carbocycles. The van der Waals surface area contributed by atoms with E-state index in [0.717, 1.165) is 28.4 Å². The Morgan fingerprint density at radius 1 is 1.24 bits per heavy atom. The molecule has 0 bridgehead atoms. The van der Waals surface area contributed by atoms with Crippen molar-refractivity contribution in [1.82, 2.24) is 15.1 Å². The number of benzene rings is 2. The largest absolute Gasteiger partial charge is 0.320 e. The highest BCUT2D eigenvalue weighted by atomic mass is 35.5. The zero-order valence-electron chi connectivity index (χ0n) is 15.8. The summed E-state index contributed by atoms with van der Waals surface area (Å²) in [4.78, 5) is 14.8. The highest BCUT2D eigenvalue weighted by Gasteiger charge is 2.34. The number of nitrogens with zero attached hydrogens (tertiary/aromatic N) is 3. The van der Waals surface area contributed by atoms with Crippen LogP contribution >= 0.6 is 22.9 Å². The van der Waals surface area contributed by atoms with Gasteiger partial charge in [0.05, 0.1) is 6.54 Å². The highest BCUT2D eigenvalue weighted by molar-refractivity contribution is 7.13. The fourth-order valence-corrected chi connectivity index (χ4v) is 4.30. The molecule has 29 heavy (non-hydrogen) atoms. The second-order valence-corrected chi connectivity index (χ2v) is 8.53. The van der Waals surface area contributed by atoms with Gasteiger partial charge in [-0.25, -0.2) is 4.39 Å². The summed E-state index contributed by atoms with van der Waals surface area (Å²) in [6.45, 7) is 2.75. The first-order chi connectivity index (χ1) is 14.0. The molecule has 0 radical (unpaired) electrons. The molecule has 1 N–H and O–H groups in total. The molecule has 1 aliphatic rings. The van der Waals surface area contributed by atoms with Crippen LogP contribution in [-0.2, 0) is 6.54 Å². The number of carbonyl (C=O) groups is 1. The third kappa shape index (κ3) is 4.80. The number of hydrogen-bond donors (Lipinski definition) is 1. The Hall–Kier alpha value is -2.35. The van der Waals surface area contributed by atoms with Crippen molar-refractivity contribution in [2.24, 2.45) is 0 Å². The van der Waals surface area contributed by atoms with E-state index in [1.54, 1.807) is 0 Å². The molecule has 1 atom stereocenters. The van der Waals surface area contributed by atoms with Crippen LogP contribution in [0.5, 0.6) is 0 Å². The predicted octanol–water partition coefficient (Wildman–Crippen LogP) is 5.31. The van der Waals surface area contributed by atoms with E-state index in [0.29, 0.717) is 18.3 Å². The smallest absolute Gasteiger partial charge is 0.286 e. The van der Waals surface area contributed by atoms with Crippen LogP contribution in [0.2, 0.25) is 5.02 Å². The first kappa shape index (κ1) is 19.9. The zero-order valence-corrected chi connectivity index (χ0v) is 17.4. The molecule has 1 heterocycles. The summed E-state index contributed by atoms with van der Waals surface area (Å²) in [6.07, 6.45) is 2.29. The van der Waals surface area contributed by atoms with Gasteiger partial charge >= 0.3 is 0 Å². The van der Waals surface area contributed by atoms with Gasteiger partial charge in [-0.05, 0) is 55.7 Å². The topological polar surface area (TPSA) is 58.1 Å². The minimum Gasteiger partial charge on any atom is -0.320 e. The Labute approximate surface area is 177 Å². The molecule has 8 heteroatoms. The zero-order chi connectivity index (χ0) is 20.4. The fraction of sp³-hybridized carbons (Fsp3) is 0.286. The van der Waals surface area contributed by atoms with Crippen LogP contribution < -0.4 is 5.32 Å². The quantitative estimate of drug-likeness (QED) is 0.552. The average molecular weight is 431 g/mol. The monoisotopic (exact) mass is 430 g/mol. The Morgan fingerprint density at radius 2 is 1.97 bits per heavy atom. The van der Waals surface area contributed by atoms with Gasteiger partial charge in [0.25, 0.3) is 5.91 Å². The van der Waals surface area contributed by atoms with Gasteiger partial charge in [-0.15, -0.1) is 10.2 Å². The molecule has 0 aliphatic heterocycles. The molecular formula is C21H20ClFN4OS. The average Bonchev–Trinajstić information content (AvgIpc) is 3.45. The number of carbonyl (C=O) groups excluding carboxylic acids is 1. The summed E-state index contributed by atoms with van der Waals surface area (Å²) in [5, 5.41) is 12.8. The number of halogens is 2.